The highest BCUT2D eigenvalue weighted by molar-refractivity contribution is 7.53. The summed E-state index contributed by atoms with van der Waals surface area (Å²) >= 11 is 0. The van der Waals surface area contributed by atoms with E-state index >= 15 is 0 Å². The fourth-order valence-electron chi connectivity index (χ4n) is 3.64. The lowest BCUT2D eigenvalue weighted by molar-refractivity contribution is 0.168. The van der Waals surface area contributed by atoms with Crippen molar-refractivity contribution in [2.45, 2.75) is 54.3 Å². The van der Waals surface area contributed by atoms with Gasteiger partial charge in [0.2, 0.25) is 0 Å². The molecule has 0 unspecified atom stereocenters. The highest BCUT2D eigenvalue weighted by Gasteiger charge is 2.36. The molecule has 0 aliphatic rings. The summed E-state index contributed by atoms with van der Waals surface area (Å²) in [7, 11) is -3.26. The number of hydrogen-bond donors (Lipinski definition) is 0. The van der Waals surface area contributed by atoms with Gasteiger partial charge in [0.1, 0.15) is 0 Å². The van der Waals surface area contributed by atoms with Gasteiger partial charge in [-0.3, -0.25) is 4.57 Å². The Morgan fingerprint density at radius 3 is 1.52 bits per heavy atom. The Balaban J connectivity index is 2.12. The number of rotatable bonds is 9. The third kappa shape index (κ3) is 8.43. The maximum atomic E-state index is 13.6. The van der Waals surface area contributed by atoms with Gasteiger partial charge in [-0.05, 0) is 28.4 Å². The van der Waals surface area contributed by atoms with Gasteiger partial charge in [0.05, 0.1) is 19.4 Å². The van der Waals surface area contributed by atoms with Crippen molar-refractivity contribution in [3.8, 4) is 0 Å². The molecule has 0 N–H and O–H groups in total. The first-order valence-corrected chi connectivity index (χ1v) is 11.3. The second kappa shape index (κ2) is 9.19. The molecule has 4 heteroatoms. The molecule has 0 amide bonds. The second-order valence-electron chi connectivity index (χ2n) is 9.19. The summed E-state index contributed by atoms with van der Waals surface area (Å²) in [5, 5.41) is 0. The van der Waals surface area contributed by atoms with Crippen LogP contribution in [0.1, 0.15) is 52.2 Å². The molecule has 0 fully saturated rings. The molecule has 0 heterocycles. The van der Waals surface area contributed by atoms with Crippen LogP contribution in [-0.2, 0) is 26.8 Å². The quantitative estimate of drug-likeness (QED) is 0.431. The van der Waals surface area contributed by atoms with Crippen LogP contribution in [0.4, 0.5) is 0 Å². The molecule has 0 bridgehead atoms. The van der Waals surface area contributed by atoms with Gasteiger partial charge in [-0.25, -0.2) is 0 Å². The molecule has 2 aromatic carbocycles. The van der Waals surface area contributed by atoms with Gasteiger partial charge in [0.15, 0.2) is 0 Å². The number of hydrogen-bond acceptors (Lipinski definition) is 3. The summed E-state index contributed by atoms with van der Waals surface area (Å²) in [4.78, 5) is 0. The van der Waals surface area contributed by atoms with Crippen molar-refractivity contribution >= 4 is 7.60 Å². The maximum Gasteiger partial charge on any atom is 0.331 e. The average Bonchev–Trinajstić information content (AvgIpc) is 2.58. The average molecular weight is 388 g/mol. The van der Waals surface area contributed by atoms with Gasteiger partial charge in [0, 0.05) is 0 Å². The molecule has 0 aromatic heterocycles. The summed E-state index contributed by atoms with van der Waals surface area (Å²) in [6.07, 6.45) is 1.34. The van der Waals surface area contributed by atoms with Crippen LogP contribution in [0.2, 0.25) is 0 Å². The minimum absolute atomic E-state index is 0.146. The van der Waals surface area contributed by atoms with E-state index in [2.05, 4.69) is 34.6 Å². The Labute approximate surface area is 164 Å². The van der Waals surface area contributed by atoms with Crippen LogP contribution < -0.4 is 0 Å². The molecule has 2 aromatic rings. The first-order chi connectivity index (χ1) is 12.6. The smallest absolute Gasteiger partial charge is 0.304 e. The molecule has 3 nitrogen and oxygen atoms in total. The van der Waals surface area contributed by atoms with Crippen molar-refractivity contribution in [1.29, 1.82) is 0 Å². The lowest BCUT2D eigenvalue weighted by Gasteiger charge is -2.34. The van der Waals surface area contributed by atoms with Crippen LogP contribution in [0.3, 0.4) is 0 Å². The largest absolute Gasteiger partial charge is 0.331 e. The van der Waals surface area contributed by atoms with Crippen molar-refractivity contribution in [2.75, 3.05) is 6.16 Å². The minimum atomic E-state index is -3.26. The summed E-state index contributed by atoms with van der Waals surface area (Å²) in [6.45, 7) is 11.5. The molecule has 148 valence electrons. The zero-order valence-electron chi connectivity index (χ0n) is 17.3. The lowest BCUT2D eigenvalue weighted by Crippen LogP contribution is -2.25. The lowest BCUT2D eigenvalue weighted by atomic mass is 9.77. The van der Waals surface area contributed by atoms with E-state index in [1.807, 2.05) is 60.7 Å². The summed E-state index contributed by atoms with van der Waals surface area (Å²) < 4.78 is 25.5. The molecule has 27 heavy (non-hydrogen) atoms. The standard InChI is InChI=1S/C23H33O3P/c1-22(2,3)18-23(4,5)19-27(24,25-16-20-12-8-6-9-13-20)26-17-21-14-10-7-11-15-21/h6-15H,16-19H2,1-5H3. The first kappa shape index (κ1) is 21.9. The molecule has 0 saturated heterocycles. The van der Waals surface area contributed by atoms with Crippen LogP contribution >= 0.6 is 7.60 Å². The van der Waals surface area contributed by atoms with Crippen LogP contribution in [0.5, 0.6) is 0 Å². The zero-order chi connectivity index (χ0) is 20.0. The molecule has 0 aliphatic heterocycles. The highest BCUT2D eigenvalue weighted by Crippen LogP contribution is 2.55. The van der Waals surface area contributed by atoms with Crippen molar-refractivity contribution in [1.82, 2.24) is 0 Å². The van der Waals surface area contributed by atoms with Crippen molar-refractivity contribution in [3.05, 3.63) is 71.8 Å². The summed E-state index contributed by atoms with van der Waals surface area (Å²) in [5.41, 5.74) is 1.98. The van der Waals surface area contributed by atoms with Gasteiger partial charge < -0.3 is 9.05 Å². The Kier molecular flexibility index (Phi) is 7.45. The molecule has 0 radical (unpaired) electrons. The predicted octanol–water partition coefficient (Wildman–Crippen LogP) is 7.08. The Morgan fingerprint density at radius 2 is 1.15 bits per heavy atom. The fraction of sp³-hybridized carbons (Fsp3) is 0.478. The third-order valence-corrected chi connectivity index (χ3v) is 6.46. The minimum Gasteiger partial charge on any atom is -0.304 e. The third-order valence-electron chi connectivity index (χ3n) is 4.17. The van der Waals surface area contributed by atoms with Crippen LogP contribution in [0.25, 0.3) is 0 Å². The van der Waals surface area contributed by atoms with E-state index in [9.17, 15) is 4.57 Å². The summed E-state index contributed by atoms with van der Waals surface area (Å²) in [6, 6.07) is 19.6. The topological polar surface area (TPSA) is 35.5 Å². The predicted molar refractivity (Wildman–Crippen MR) is 113 cm³/mol. The second-order valence-corrected chi connectivity index (χ2v) is 11.2. The molecule has 0 aliphatic carbocycles. The SMILES string of the molecule is CC(C)(C)CC(C)(C)CP(=O)(OCc1ccccc1)OCc1ccccc1. The Hall–Kier alpha value is -1.41. The summed E-state index contributed by atoms with van der Waals surface area (Å²) in [5.74, 6) is 0. The number of benzene rings is 2. The Morgan fingerprint density at radius 1 is 0.741 bits per heavy atom. The van der Waals surface area contributed by atoms with Gasteiger partial charge >= 0.3 is 7.60 Å². The monoisotopic (exact) mass is 388 g/mol. The maximum absolute atomic E-state index is 13.6. The molecular formula is C23H33O3P. The van der Waals surface area contributed by atoms with Crippen LogP contribution in [-0.4, -0.2) is 6.16 Å². The van der Waals surface area contributed by atoms with Gasteiger partial charge in [-0.1, -0.05) is 95.3 Å². The van der Waals surface area contributed by atoms with E-state index in [1.54, 1.807) is 0 Å². The van der Waals surface area contributed by atoms with Gasteiger partial charge in [0.25, 0.3) is 0 Å². The molecule has 0 atom stereocenters. The van der Waals surface area contributed by atoms with Crippen molar-refractivity contribution < 1.29 is 13.6 Å². The highest BCUT2D eigenvalue weighted by atomic mass is 31.2. The Bertz CT molecular complexity index is 686. The van der Waals surface area contributed by atoms with Crippen molar-refractivity contribution in [2.24, 2.45) is 10.8 Å². The van der Waals surface area contributed by atoms with Crippen LogP contribution in [0, 0.1) is 10.8 Å². The molecule has 2 rings (SSSR count). The van der Waals surface area contributed by atoms with E-state index in [-0.39, 0.29) is 10.8 Å². The molecule has 0 spiro atoms. The van der Waals surface area contributed by atoms with E-state index < -0.39 is 7.60 Å². The van der Waals surface area contributed by atoms with Crippen molar-refractivity contribution in [3.63, 3.8) is 0 Å². The zero-order valence-corrected chi connectivity index (χ0v) is 18.2. The van der Waals surface area contributed by atoms with E-state index in [4.69, 9.17) is 9.05 Å². The first-order valence-electron chi connectivity index (χ1n) is 9.53. The molecule has 0 saturated carbocycles. The van der Waals surface area contributed by atoms with E-state index in [1.165, 1.54) is 0 Å². The van der Waals surface area contributed by atoms with Gasteiger partial charge in [-0.2, -0.15) is 0 Å². The van der Waals surface area contributed by atoms with Crippen LogP contribution in [0.15, 0.2) is 60.7 Å². The van der Waals surface area contributed by atoms with E-state index in [0.29, 0.717) is 19.4 Å². The normalized spacial score (nSPS) is 12.9. The molecular weight excluding hydrogens is 355 g/mol. The van der Waals surface area contributed by atoms with E-state index in [0.717, 1.165) is 17.5 Å². The van der Waals surface area contributed by atoms with Gasteiger partial charge in [-0.15, -0.1) is 0 Å². The fourth-order valence-corrected chi connectivity index (χ4v) is 5.75.